The largest absolute Gasteiger partial charge is 0.375 e. The van der Waals surface area contributed by atoms with Gasteiger partial charge in [0.1, 0.15) is 16.9 Å². The van der Waals surface area contributed by atoms with Crippen molar-refractivity contribution in [1.82, 2.24) is 15.2 Å². The first-order chi connectivity index (χ1) is 14.0. The summed E-state index contributed by atoms with van der Waals surface area (Å²) in [6.45, 7) is 6.27. The number of aromatic nitrogens is 1. The number of nitrogens with zero attached hydrogens (tertiary/aromatic N) is 3. The highest BCUT2D eigenvalue weighted by Crippen LogP contribution is 2.44. The Balaban J connectivity index is 0.00000320. The smallest absolute Gasteiger partial charge is 0.194 e. The van der Waals surface area contributed by atoms with Crippen LogP contribution in [0.5, 0.6) is 0 Å². The van der Waals surface area contributed by atoms with Crippen LogP contribution in [-0.2, 0) is 16.7 Å². The lowest BCUT2D eigenvalue weighted by Crippen LogP contribution is -2.42. The third kappa shape index (κ3) is 5.91. The summed E-state index contributed by atoms with van der Waals surface area (Å²) in [6, 6.07) is 6.93. The lowest BCUT2D eigenvalue weighted by atomic mass is 9.64. The first-order valence-electron chi connectivity index (χ1n) is 10.2. The maximum absolute atomic E-state index is 13.3. The van der Waals surface area contributed by atoms with E-state index in [1.54, 1.807) is 30.6 Å². The van der Waals surface area contributed by atoms with Gasteiger partial charge in [0.15, 0.2) is 5.96 Å². The van der Waals surface area contributed by atoms with Crippen molar-refractivity contribution in [3.8, 4) is 0 Å². The molecular weight excluding hydrogens is 514 g/mol. The SMILES string of the molecule is CCNC(=NCC1(c2ccc(F)cc2)CCC1)N(C)Cc1csc(C(C)OC)n1.I. The van der Waals surface area contributed by atoms with Crippen molar-refractivity contribution in [1.29, 1.82) is 0 Å². The molecule has 1 unspecified atom stereocenters. The Morgan fingerprint density at radius 3 is 2.63 bits per heavy atom. The zero-order valence-electron chi connectivity index (χ0n) is 18.2. The van der Waals surface area contributed by atoms with Gasteiger partial charge < -0.3 is 15.0 Å². The molecule has 1 heterocycles. The summed E-state index contributed by atoms with van der Waals surface area (Å²) >= 11 is 1.62. The fourth-order valence-electron chi connectivity index (χ4n) is 3.64. The minimum absolute atomic E-state index is 0. The minimum Gasteiger partial charge on any atom is -0.375 e. The van der Waals surface area contributed by atoms with Gasteiger partial charge in [-0.15, -0.1) is 35.3 Å². The molecule has 0 bridgehead atoms. The highest BCUT2D eigenvalue weighted by atomic mass is 127. The second kappa shape index (κ2) is 11.4. The number of hydrogen-bond acceptors (Lipinski definition) is 4. The molecule has 2 aromatic rings. The number of nitrogens with one attached hydrogen (secondary N) is 1. The molecule has 1 N–H and O–H groups in total. The number of benzene rings is 1. The molecule has 1 saturated carbocycles. The van der Waals surface area contributed by atoms with E-state index in [1.165, 1.54) is 12.0 Å². The van der Waals surface area contributed by atoms with Crippen LogP contribution >= 0.6 is 35.3 Å². The predicted molar refractivity (Wildman–Crippen MR) is 132 cm³/mol. The molecule has 1 atom stereocenters. The second-order valence-corrected chi connectivity index (χ2v) is 8.61. The van der Waals surface area contributed by atoms with E-state index < -0.39 is 0 Å². The molecular formula is C22H32FIN4OS. The zero-order chi connectivity index (χ0) is 20.9. The summed E-state index contributed by atoms with van der Waals surface area (Å²) < 4.78 is 18.7. The highest BCUT2D eigenvalue weighted by molar-refractivity contribution is 14.0. The Morgan fingerprint density at radius 1 is 1.37 bits per heavy atom. The number of ether oxygens (including phenoxy) is 1. The monoisotopic (exact) mass is 546 g/mol. The Hall–Kier alpha value is -1.26. The number of methoxy groups -OCH3 is 1. The van der Waals surface area contributed by atoms with Gasteiger partial charge in [0.2, 0.25) is 0 Å². The highest BCUT2D eigenvalue weighted by Gasteiger charge is 2.38. The molecule has 1 aliphatic carbocycles. The molecule has 1 aromatic carbocycles. The third-order valence-electron chi connectivity index (χ3n) is 5.67. The van der Waals surface area contributed by atoms with Gasteiger partial charge in [-0.3, -0.25) is 4.99 Å². The number of halogens is 2. The van der Waals surface area contributed by atoms with Crippen molar-refractivity contribution < 1.29 is 9.13 Å². The van der Waals surface area contributed by atoms with Crippen molar-refractivity contribution in [2.75, 3.05) is 27.2 Å². The van der Waals surface area contributed by atoms with Gasteiger partial charge >= 0.3 is 0 Å². The summed E-state index contributed by atoms with van der Waals surface area (Å²) in [7, 11) is 3.73. The van der Waals surface area contributed by atoms with Crippen LogP contribution in [0, 0.1) is 5.82 Å². The van der Waals surface area contributed by atoms with Crippen molar-refractivity contribution in [3.63, 3.8) is 0 Å². The van der Waals surface area contributed by atoms with Crippen LogP contribution in [0.1, 0.15) is 55.5 Å². The van der Waals surface area contributed by atoms with E-state index in [9.17, 15) is 4.39 Å². The molecule has 1 aliphatic rings. The van der Waals surface area contributed by atoms with Gasteiger partial charge in [-0.1, -0.05) is 18.6 Å². The average molecular weight is 546 g/mol. The Morgan fingerprint density at radius 2 is 2.07 bits per heavy atom. The number of rotatable bonds is 8. The zero-order valence-corrected chi connectivity index (χ0v) is 21.3. The number of thiazole rings is 1. The molecule has 8 heteroatoms. The lowest BCUT2D eigenvalue weighted by molar-refractivity contribution is 0.119. The van der Waals surface area contributed by atoms with Crippen molar-refractivity contribution in [2.24, 2.45) is 4.99 Å². The van der Waals surface area contributed by atoms with E-state index in [2.05, 4.69) is 27.5 Å². The van der Waals surface area contributed by atoms with Crippen LogP contribution in [0.15, 0.2) is 34.6 Å². The fourth-order valence-corrected chi connectivity index (χ4v) is 4.48. The summed E-state index contributed by atoms with van der Waals surface area (Å²) in [4.78, 5) is 11.7. The quantitative estimate of drug-likeness (QED) is 0.284. The Bertz CT molecular complexity index is 823. The molecule has 5 nitrogen and oxygen atoms in total. The van der Waals surface area contributed by atoms with Gasteiger partial charge in [-0.05, 0) is 44.4 Å². The van der Waals surface area contributed by atoms with Crippen molar-refractivity contribution in [2.45, 2.75) is 51.2 Å². The van der Waals surface area contributed by atoms with E-state index in [0.717, 1.165) is 36.0 Å². The maximum Gasteiger partial charge on any atom is 0.194 e. The number of guanidine groups is 1. The summed E-state index contributed by atoms with van der Waals surface area (Å²) in [5.74, 6) is 0.681. The Kier molecular flexibility index (Phi) is 9.49. The lowest BCUT2D eigenvalue weighted by Gasteiger charge is -2.41. The standard InChI is InChI=1S/C22H31FN4OS.HI/c1-5-24-21(27(3)13-19-14-29-20(26-19)16(2)28-4)25-15-22(11-6-12-22)17-7-9-18(23)10-8-17;/h7-10,14,16H,5-6,11-13,15H2,1-4H3,(H,24,25);1H. The average Bonchev–Trinajstić information content (AvgIpc) is 3.15. The molecule has 0 radical (unpaired) electrons. The first kappa shape index (κ1) is 25.0. The molecule has 30 heavy (non-hydrogen) atoms. The topological polar surface area (TPSA) is 49.8 Å². The van der Waals surface area contributed by atoms with Crippen LogP contribution in [0.25, 0.3) is 0 Å². The van der Waals surface area contributed by atoms with Gasteiger partial charge in [-0.2, -0.15) is 0 Å². The molecule has 0 spiro atoms. The third-order valence-corrected chi connectivity index (χ3v) is 6.72. The van der Waals surface area contributed by atoms with Crippen LogP contribution < -0.4 is 5.32 Å². The summed E-state index contributed by atoms with van der Waals surface area (Å²) in [5.41, 5.74) is 2.22. The molecule has 166 valence electrons. The number of hydrogen-bond donors (Lipinski definition) is 1. The van der Waals surface area contributed by atoms with Gasteiger partial charge in [0.05, 0.1) is 18.8 Å². The number of aliphatic imine (C=N–C) groups is 1. The van der Waals surface area contributed by atoms with E-state index in [1.807, 2.05) is 26.1 Å². The second-order valence-electron chi connectivity index (χ2n) is 7.72. The van der Waals surface area contributed by atoms with Gasteiger partial charge in [0, 0.05) is 31.5 Å². The molecule has 1 fully saturated rings. The predicted octanol–water partition coefficient (Wildman–Crippen LogP) is 5.13. The molecule has 0 aliphatic heterocycles. The van der Waals surface area contributed by atoms with Crippen LogP contribution in [-0.4, -0.2) is 43.1 Å². The van der Waals surface area contributed by atoms with Crippen LogP contribution in [0.2, 0.25) is 0 Å². The molecule has 3 rings (SSSR count). The molecule has 0 saturated heterocycles. The van der Waals surface area contributed by atoms with Crippen molar-refractivity contribution in [3.05, 3.63) is 51.7 Å². The first-order valence-corrected chi connectivity index (χ1v) is 11.1. The van der Waals surface area contributed by atoms with E-state index in [0.29, 0.717) is 13.1 Å². The molecule has 1 aromatic heterocycles. The van der Waals surface area contributed by atoms with Gasteiger partial charge in [0.25, 0.3) is 0 Å². The summed E-state index contributed by atoms with van der Waals surface area (Å²) in [5, 5.41) is 6.46. The normalized spacial score (nSPS) is 16.4. The van der Waals surface area contributed by atoms with Crippen molar-refractivity contribution >= 4 is 41.3 Å². The van der Waals surface area contributed by atoms with Gasteiger partial charge in [-0.25, -0.2) is 9.37 Å². The Labute approximate surface area is 200 Å². The van der Waals surface area contributed by atoms with E-state index in [4.69, 9.17) is 9.73 Å². The van der Waals surface area contributed by atoms with Crippen LogP contribution in [0.3, 0.4) is 0 Å². The fraction of sp³-hybridized carbons (Fsp3) is 0.545. The maximum atomic E-state index is 13.3. The van der Waals surface area contributed by atoms with Crippen LogP contribution in [0.4, 0.5) is 4.39 Å². The van der Waals surface area contributed by atoms with E-state index in [-0.39, 0.29) is 41.3 Å². The minimum atomic E-state index is -0.190. The summed E-state index contributed by atoms with van der Waals surface area (Å²) in [6.07, 6.45) is 3.39. The van der Waals surface area contributed by atoms with E-state index >= 15 is 0 Å². The molecule has 0 amide bonds.